The van der Waals surface area contributed by atoms with E-state index >= 15 is 0 Å². The van der Waals surface area contributed by atoms with E-state index in [1.807, 2.05) is 6.92 Å². The van der Waals surface area contributed by atoms with Crippen molar-refractivity contribution in [1.82, 2.24) is 15.1 Å². The normalized spacial score (nSPS) is 10.3. The highest BCUT2D eigenvalue weighted by Crippen LogP contribution is 2.18. The van der Waals surface area contributed by atoms with Gasteiger partial charge < -0.3 is 9.84 Å². The van der Waals surface area contributed by atoms with Gasteiger partial charge in [-0.1, -0.05) is 23.7 Å². The number of aryl methyl sites for hydroxylation is 1. The molecule has 0 fully saturated rings. The Morgan fingerprint density at radius 1 is 1.40 bits per heavy atom. The zero-order chi connectivity index (χ0) is 14.5. The van der Waals surface area contributed by atoms with E-state index in [1.165, 1.54) is 0 Å². The zero-order valence-corrected chi connectivity index (χ0v) is 11.9. The van der Waals surface area contributed by atoms with E-state index < -0.39 is 5.91 Å². The van der Waals surface area contributed by atoms with Crippen LogP contribution in [0.1, 0.15) is 29.7 Å². The molecule has 0 aromatic carbocycles. The first-order valence-electron chi connectivity index (χ1n) is 6.12. The Labute approximate surface area is 120 Å². The summed E-state index contributed by atoms with van der Waals surface area (Å²) >= 11 is 5.98. The van der Waals surface area contributed by atoms with E-state index in [1.54, 1.807) is 19.1 Å². The van der Waals surface area contributed by atoms with E-state index in [0.717, 1.165) is 13.0 Å². The first-order valence-corrected chi connectivity index (χ1v) is 6.50. The largest absolute Gasteiger partial charge is 0.370 e. The van der Waals surface area contributed by atoms with Crippen molar-refractivity contribution in [3.63, 3.8) is 0 Å². The molecule has 0 unspecified atom stereocenters. The number of rotatable bonds is 5. The Kier molecular flexibility index (Phi) is 4.52. The Morgan fingerprint density at radius 3 is 2.85 bits per heavy atom. The lowest BCUT2D eigenvalue weighted by atomic mass is 10.3. The number of halogens is 1. The number of pyridine rings is 1. The topological polar surface area (TPSA) is 92.9 Å². The quantitative estimate of drug-likeness (QED) is 0.880. The van der Waals surface area contributed by atoms with Gasteiger partial charge >= 0.3 is 6.01 Å². The molecule has 8 heteroatoms. The van der Waals surface area contributed by atoms with Crippen LogP contribution in [0.5, 0.6) is 0 Å². The van der Waals surface area contributed by atoms with Gasteiger partial charge in [0.2, 0.25) is 0 Å². The van der Waals surface area contributed by atoms with E-state index in [0.29, 0.717) is 11.6 Å². The summed E-state index contributed by atoms with van der Waals surface area (Å²) in [5.41, 5.74) is 0.101. The van der Waals surface area contributed by atoms with Gasteiger partial charge in [0.1, 0.15) is 11.5 Å². The van der Waals surface area contributed by atoms with Crippen LogP contribution in [-0.4, -0.2) is 27.6 Å². The number of nitrogens with one attached hydrogen (secondary N) is 2. The number of anilines is 2. The maximum Gasteiger partial charge on any atom is 0.328 e. The lowest BCUT2D eigenvalue weighted by molar-refractivity contribution is 0.101. The first-order chi connectivity index (χ1) is 9.60. The van der Waals surface area contributed by atoms with Crippen molar-refractivity contribution in [2.75, 3.05) is 17.2 Å². The van der Waals surface area contributed by atoms with Crippen molar-refractivity contribution < 1.29 is 9.32 Å². The maximum atomic E-state index is 12.1. The van der Waals surface area contributed by atoms with E-state index in [4.69, 9.17) is 16.1 Å². The minimum Gasteiger partial charge on any atom is -0.370 e. The highest BCUT2D eigenvalue weighted by molar-refractivity contribution is 6.34. The summed E-state index contributed by atoms with van der Waals surface area (Å²) in [5, 5.41) is 9.36. The van der Waals surface area contributed by atoms with Gasteiger partial charge in [-0.3, -0.25) is 10.1 Å². The van der Waals surface area contributed by atoms with Gasteiger partial charge in [0, 0.05) is 6.54 Å². The van der Waals surface area contributed by atoms with Crippen LogP contribution in [0, 0.1) is 6.92 Å². The molecular formula is C12H14ClN5O2. The summed E-state index contributed by atoms with van der Waals surface area (Å²) in [6, 6.07) is 3.34. The molecule has 0 aliphatic carbocycles. The molecule has 2 heterocycles. The van der Waals surface area contributed by atoms with Crippen molar-refractivity contribution in [1.29, 1.82) is 0 Å². The van der Waals surface area contributed by atoms with Gasteiger partial charge in [-0.15, -0.1) is 0 Å². The molecule has 0 saturated heterocycles. The maximum absolute atomic E-state index is 12.1. The van der Waals surface area contributed by atoms with Gasteiger partial charge in [-0.25, -0.2) is 4.98 Å². The fourth-order valence-electron chi connectivity index (χ4n) is 1.46. The van der Waals surface area contributed by atoms with Crippen LogP contribution in [0.2, 0.25) is 5.02 Å². The molecule has 2 N–H and O–H groups in total. The van der Waals surface area contributed by atoms with Crippen LogP contribution in [0.15, 0.2) is 16.7 Å². The molecule has 0 spiro atoms. The van der Waals surface area contributed by atoms with E-state index in [9.17, 15) is 4.79 Å². The monoisotopic (exact) mass is 295 g/mol. The molecule has 2 rings (SSSR count). The summed E-state index contributed by atoms with van der Waals surface area (Å²) in [7, 11) is 0. The van der Waals surface area contributed by atoms with Crippen LogP contribution in [0.3, 0.4) is 0 Å². The second kappa shape index (κ2) is 6.33. The number of hydrogen-bond donors (Lipinski definition) is 2. The van der Waals surface area contributed by atoms with Crippen LogP contribution in [0.4, 0.5) is 11.8 Å². The average molecular weight is 296 g/mol. The third-order valence-corrected chi connectivity index (χ3v) is 2.67. The molecule has 0 radical (unpaired) electrons. The summed E-state index contributed by atoms with van der Waals surface area (Å²) in [6.45, 7) is 4.45. The molecule has 2 aromatic rings. The summed E-state index contributed by atoms with van der Waals surface area (Å²) < 4.78 is 4.81. The van der Waals surface area contributed by atoms with Crippen LogP contribution < -0.4 is 10.6 Å². The van der Waals surface area contributed by atoms with Crippen LogP contribution in [-0.2, 0) is 0 Å². The van der Waals surface area contributed by atoms with Crippen molar-refractivity contribution in [3.05, 3.63) is 28.7 Å². The Balaban J connectivity index is 2.15. The van der Waals surface area contributed by atoms with Crippen molar-refractivity contribution in [3.8, 4) is 0 Å². The molecule has 106 valence electrons. The molecule has 0 aliphatic heterocycles. The minimum absolute atomic E-state index is 0.0114. The Hall–Kier alpha value is -2.15. The number of nitrogens with zero attached hydrogens (tertiary/aromatic N) is 3. The van der Waals surface area contributed by atoms with Gasteiger partial charge in [0.05, 0.1) is 5.02 Å². The fraction of sp³-hybridized carbons (Fsp3) is 0.333. The second-order valence-electron chi connectivity index (χ2n) is 4.05. The number of carbonyl (C=O) groups is 1. The molecule has 20 heavy (non-hydrogen) atoms. The summed E-state index contributed by atoms with van der Waals surface area (Å²) in [6.07, 6.45) is 0.951. The SMILES string of the molecule is CCCNc1ccc(Cl)c(C(=O)Nc2nc(C)no2)n1. The number of hydrogen-bond acceptors (Lipinski definition) is 6. The molecule has 0 saturated carbocycles. The molecule has 0 bridgehead atoms. The molecular weight excluding hydrogens is 282 g/mol. The highest BCUT2D eigenvalue weighted by Gasteiger charge is 2.16. The number of carbonyl (C=O) groups excluding carboxylic acids is 1. The van der Waals surface area contributed by atoms with Crippen LogP contribution >= 0.6 is 11.6 Å². The van der Waals surface area contributed by atoms with Gasteiger partial charge in [0.25, 0.3) is 5.91 Å². The summed E-state index contributed by atoms with van der Waals surface area (Å²) in [4.78, 5) is 20.1. The third-order valence-electron chi connectivity index (χ3n) is 2.37. The minimum atomic E-state index is -0.501. The molecule has 0 aliphatic rings. The van der Waals surface area contributed by atoms with E-state index in [-0.39, 0.29) is 16.7 Å². The van der Waals surface area contributed by atoms with Gasteiger partial charge in [0.15, 0.2) is 5.82 Å². The highest BCUT2D eigenvalue weighted by atomic mass is 35.5. The van der Waals surface area contributed by atoms with Gasteiger partial charge in [-0.2, -0.15) is 4.98 Å². The average Bonchev–Trinajstić information content (AvgIpc) is 2.83. The Bertz CT molecular complexity index is 614. The third kappa shape index (κ3) is 3.45. The van der Waals surface area contributed by atoms with Crippen molar-refractivity contribution in [2.24, 2.45) is 0 Å². The second-order valence-corrected chi connectivity index (χ2v) is 4.46. The zero-order valence-electron chi connectivity index (χ0n) is 11.1. The lowest BCUT2D eigenvalue weighted by Gasteiger charge is -2.07. The lowest BCUT2D eigenvalue weighted by Crippen LogP contribution is -2.15. The fourth-order valence-corrected chi connectivity index (χ4v) is 1.65. The Morgan fingerprint density at radius 2 is 2.20 bits per heavy atom. The standard InChI is InChI=1S/C12H14ClN5O2/c1-3-6-14-9-5-4-8(13)10(16-9)11(19)17-12-15-7(2)18-20-12/h4-5H,3,6H2,1-2H3,(H,14,16)(H,15,17,18,19). The summed E-state index contributed by atoms with van der Waals surface area (Å²) in [5.74, 6) is 0.514. The molecule has 1 amide bonds. The van der Waals surface area contributed by atoms with Gasteiger partial charge in [-0.05, 0) is 25.5 Å². The molecule has 2 aromatic heterocycles. The predicted molar refractivity (Wildman–Crippen MR) is 75.0 cm³/mol. The number of amides is 1. The van der Waals surface area contributed by atoms with E-state index in [2.05, 4.69) is 25.8 Å². The number of aromatic nitrogens is 3. The van der Waals surface area contributed by atoms with Crippen molar-refractivity contribution in [2.45, 2.75) is 20.3 Å². The first kappa shape index (κ1) is 14.3. The predicted octanol–water partition coefficient (Wildman–Crippen LogP) is 2.50. The smallest absolute Gasteiger partial charge is 0.328 e. The van der Waals surface area contributed by atoms with Crippen molar-refractivity contribution >= 4 is 29.3 Å². The molecule has 0 atom stereocenters. The van der Waals surface area contributed by atoms with Crippen LogP contribution in [0.25, 0.3) is 0 Å². The molecule has 7 nitrogen and oxygen atoms in total.